The maximum absolute atomic E-state index is 14.0. The van der Waals surface area contributed by atoms with Crippen LogP contribution < -0.4 is 10.6 Å². The smallest absolute Gasteiger partial charge is 0.149 e. The van der Waals surface area contributed by atoms with Crippen molar-refractivity contribution in [1.82, 2.24) is 0 Å². The molecule has 0 spiro atoms. The van der Waals surface area contributed by atoms with E-state index in [0.717, 1.165) is 19.3 Å². The van der Waals surface area contributed by atoms with Gasteiger partial charge in [-0.15, -0.1) is 0 Å². The largest absolute Gasteiger partial charge is 0.367 e. The molecule has 1 aromatic carbocycles. The lowest BCUT2D eigenvalue weighted by atomic mass is 9.78. The van der Waals surface area contributed by atoms with Gasteiger partial charge in [0.15, 0.2) is 0 Å². The fourth-order valence-electron chi connectivity index (χ4n) is 2.66. The fourth-order valence-corrected chi connectivity index (χ4v) is 2.66. The predicted molar refractivity (Wildman–Crippen MR) is 74.1 cm³/mol. The van der Waals surface area contributed by atoms with Gasteiger partial charge >= 0.3 is 0 Å². The van der Waals surface area contributed by atoms with Crippen molar-refractivity contribution in [3.05, 3.63) is 29.3 Å². The quantitative estimate of drug-likeness (QED) is 0.910. The van der Waals surface area contributed by atoms with Crippen LogP contribution in [0.2, 0.25) is 0 Å². The Morgan fingerprint density at radius 2 is 1.74 bits per heavy atom. The SMILES string of the molecule is CCC1(C)CCN(c2c(F)cc(CN)cc2F)CC1. The molecule has 19 heavy (non-hydrogen) atoms. The fraction of sp³-hybridized carbons (Fsp3) is 0.600. The molecular formula is C15H22F2N2. The molecule has 4 heteroatoms. The number of nitrogens with two attached hydrogens (primary N) is 1. The first-order valence-electron chi connectivity index (χ1n) is 6.92. The monoisotopic (exact) mass is 268 g/mol. The third-order valence-electron chi connectivity index (χ3n) is 4.45. The van der Waals surface area contributed by atoms with E-state index in [1.165, 1.54) is 12.1 Å². The van der Waals surface area contributed by atoms with Crippen LogP contribution in [0.4, 0.5) is 14.5 Å². The van der Waals surface area contributed by atoms with Crippen molar-refractivity contribution < 1.29 is 8.78 Å². The molecule has 106 valence electrons. The highest BCUT2D eigenvalue weighted by Crippen LogP contribution is 2.37. The van der Waals surface area contributed by atoms with Gasteiger partial charge in [0.05, 0.1) is 0 Å². The highest BCUT2D eigenvalue weighted by molar-refractivity contribution is 5.51. The molecule has 0 bridgehead atoms. The second-order valence-electron chi connectivity index (χ2n) is 5.76. The van der Waals surface area contributed by atoms with Crippen molar-refractivity contribution in [1.29, 1.82) is 0 Å². The molecule has 0 radical (unpaired) electrons. The van der Waals surface area contributed by atoms with Crippen LogP contribution in [0.3, 0.4) is 0 Å². The lowest BCUT2D eigenvalue weighted by Crippen LogP contribution is -2.39. The van der Waals surface area contributed by atoms with Crippen molar-refractivity contribution in [3.8, 4) is 0 Å². The molecule has 1 aliphatic heterocycles. The normalized spacial score (nSPS) is 18.7. The van der Waals surface area contributed by atoms with Crippen molar-refractivity contribution >= 4 is 5.69 Å². The molecule has 0 amide bonds. The first-order chi connectivity index (χ1) is 8.99. The molecule has 1 aliphatic rings. The predicted octanol–water partition coefficient (Wildman–Crippen LogP) is 3.44. The first-order valence-corrected chi connectivity index (χ1v) is 6.92. The summed E-state index contributed by atoms with van der Waals surface area (Å²) in [7, 11) is 0. The standard InChI is InChI=1S/C15H22F2N2/c1-3-15(2)4-6-19(7-5-15)14-12(16)8-11(10-18)9-13(14)17/h8-9H,3-7,10,18H2,1-2H3. The highest BCUT2D eigenvalue weighted by Gasteiger charge is 2.30. The number of anilines is 1. The van der Waals surface area contributed by atoms with E-state index >= 15 is 0 Å². The van der Waals surface area contributed by atoms with E-state index in [0.29, 0.717) is 24.1 Å². The summed E-state index contributed by atoms with van der Waals surface area (Å²) in [4.78, 5) is 1.82. The minimum atomic E-state index is -0.499. The average molecular weight is 268 g/mol. The molecule has 0 aliphatic carbocycles. The average Bonchev–Trinajstić information content (AvgIpc) is 2.40. The van der Waals surface area contributed by atoms with Crippen LogP contribution in [0, 0.1) is 17.0 Å². The lowest BCUT2D eigenvalue weighted by Gasteiger charge is -2.40. The summed E-state index contributed by atoms with van der Waals surface area (Å²) in [6, 6.07) is 2.68. The third-order valence-corrected chi connectivity index (χ3v) is 4.45. The lowest BCUT2D eigenvalue weighted by molar-refractivity contribution is 0.237. The summed E-state index contributed by atoms with van der Waals surface area (Å²) in [6.07, 6.45) is 3.06. The Kier molecular flexibility index (Phi) is 4.09. The van der Waals surface area contributed by atoms with Crippen LogP contribution >= 0.6 is 0 Å². The summed E-state index contributed by atoms with van der Waals surface area (Å²) in [5, 5.41) is 0. The maximum Gasteiger partial charge on any atom is 0.149 e. The Morgan fingerprint density at radius 3 is 2.16 bits per heavy atom. The van der Waals surface area contributed by atoms with Gasteiger partial charge in [-0.25, -0.2) is 8.78 Å². The zero-order valence-corrected chi connectivity index (χ0v) is 11.7. The molecule has 1 saturated heterocycles. The van der Waals surface area contributed by atoms with Gasteiger partial charge in [-0.2, -0.15) is 0 Å². The minimum absolute atomic E-state index is 0.107. The first kappa shape index (κ1) is 14.3. The van der Waals surface area contributed by atoms with Crippen LogP contribution in [0.25, 0.3) is 0 Å². The Hall–Kier alpha value is -1.16. The van der Waals surface area contributed by atoms with Crippen molar-refractivity contribution in [2.24, 2.45) is 11.1 Å². The van der Waals surface area contributed by atoms with E-state index < -0.39 is 11.6 Å². The Balaban J connectivity index is 2.20. The van der Waals surface area contributed by atoms with Gasteiger partial charge in [0, 0.05) is 19.6 Å². The molecule has 2 N–H and O–H groups in total. The van der Waals surface area contributed by atoms with E-state index in [1.54, 1.807) is 0 Å². The highest BCUT2D eigenvalue weighted by atomic mass is 19.1. The van der Waals surface area contributed by atoms with Crippen molar-refractivity contribution in [3.63, 3.8) is 0 Å². The van der Waals surface area contributed by atoms with Crippen LogP contribution in [0.5, 0.6) is 0 Å². The minimum Gasteiger partial charge on any atom is -0.367 e. The zero-order chi connectivity index (χ0) is 14.0. The molecule has 0 aromatic heterocycles. The molecule has 2 nitrogen and oxygen atoms in total. The Labute approximate surface area is 113 Å². The van der Waals surface area contributed by atoms with E-state index in [2.05, 4.69) is 13.8 Å². The maximum atomic E-state index is 14.0. The Morgan fingerprint density at radius 1 is 1.21 bits per heavy atom. The molecule has 1 heterocycles. The number of benzene rings is 1. The number of nitrogens with zero attached hydrogens (tertiary/aromatic N) is 1. The summed E-state index contributed by atoms with van der Waals surface area (Å²) in [6.45, 7) is 5.99. The van der Waals surface area contributed by atoms with Crippen LogP contribution in [0.15, 0.2) is 12.1 Å². The van der Waals surface area contributed by atoms with Crippen molar-refractivity contribution in [2.45, 2.75) is 39.7 Å². The molecular weight excluding hydrogens is 246 g/mol. The molecule has 1 aromatic rings. The molecule has 0 unspecified atom stereocenters. The van der Waals surface area contributed by atoms with Gasteiger partial charge < -0.3 is 10.6 Å². The van der Waals surface area contributed by atoms with E-state index in [9.17, 15) is 8.78 Å². The second-order valence-corrected chi connectivity index (χ2v) is 5.76. The summed E-state index contributed by atoms with van der Waals surface area (Å²) >= 11 is 0. The molecule has 0 atom stereocenters. The second kappa shape index (κ2) is 5.45. The zero-order valence-electron chi connectivity index (χ0n) is 11.7. The molecule has 2 rings (SSSR count). The number of hydrogen-bond donors (Lipinski definition) is 1. The van der Waals surface area contributed by atoms with Gasteiger partial charge in [0.25, 0.3) is 0 Å². The summed E-state index contributed by atoms with van der Waals surface area (Å²) in [5.74, 6) is -0.999. The number of halogens is 2. The Bertz CT molecular complexity index is 428. The summed E-state index contributed by atoms with van der Waals surface area (Å²) in [5.41, 5.74) is 6.33. The van der Waals surface area contributed by atoms with Gasteiger partial charge in [-0.05, 0) is 36.0 Å². The van der Waals surface area contributed by atoms with Crippen molar-refractivity contribution in [2.75, 3.05) is 18.0 Å². The van der Waals surface area contributed by atoms with Gasteiger partial charge in [-0.1, -0.05) is 20.3 Å². The van der Waals surface area contributed by atoms with Crippen LogP contribution in [-0.4, -0.2) is 13.1 Å². The van der Waals surface area contributed by atoms with E-state index in [-0.39, 0.29) is 12.2 Å². The van der Waals surface area contributed by atoms with Crippen LogP contribution in [-0.2, 0) is 6.54 Å². The van der Waals surface area contributed by atoms with Gasteiger partial charge in [0.1, 0.15) is 17.3 Å². The number of hydrogen-bond acceptors (Lipinski definition) is 2. The molecule has 1 fully saturated rings. The number of piperidine rings is 1. The summed E-state index contributed by atoms with van der Waals surface area (Å²) < 4.78 is 28.0. The third kappa shape index (κ3) is 2.89. The van der Waals surface area contributed by atoms with E-state index in [1.807, 2.05) is 4.90 Å². The topological polar surface area (TPSA) is 29.3 Å². The van der Waals surface area contributed by atoms with Gasteiger partial charge in [0.2, 0.25) is 0 Å². The number of rotatable bonds is 3. The van der Waals surface area contributed by atoms with E-state index in [4.69, 9.17) is 5.73 Å². The molecule has 0 saturated carbocycles. The van der Waals surface area contributed by atoms with Crippen LogP contribution in [0.1, 0.15) is 38.7 Å². The van der Waals surface area contributed by atoms with Gasteiger partial charge in [-0.3, -0.25) is 0 Å².